The number of nitrogens with zero attached hydrogens (tertiary/aromatic N) is 2. The number of carbonyl (C=O) groups excluding carboxylic acids is 1. The molecule has 6 heteroatoms. The summed E-state index contributed by atoms with van der Waals surface area (Å²) < 4.78 is 7.27. The van der Waals surface area contributed by atoms with Gasteiger partial charge >= 0.3 is 0 Å². The molecule has 2 aromatic carbocycles. The Morgan fingerprint density at radius 1 is 1.07 bits per heavy atom. The minimum absolute atomic E-state index is 0.153. The van der Waals surface area contributed by atoms with Crippen molar-refractivity contribution in [3.63, 3.8) is 0 Å². The third-order valence-corrected chi connectivity index (χ3v) is 5.73. The van der Waals surface area contributed by atoms with E-state index in [0.29, 0.717) is 16.3 Å². The molecule has 0 unspecified atom stereocenters. The molecular weight excluding hydrogens is 370 g/mol. The van der Waals surface area contributed by atoms with Gasteiger partial charge in [-0.15, -0.1) is 11.3 Å². The van der Waals surface area contributed by atoms with E-state index in [9.17, 15) is 4.79 Å². The first kappa shape index (κ1) is 18.3. The molecule has 28 heavy (non-hydrogen) atoms. The number of benzene rings is 2. The van der Waals surface area contributed by atoms with E-state index in [0.717, 1.165) is 27.2 Å². The monoisotopic (exact) mass is 391 g/mol. The molecule has 5 nitrogen and oxygen atoms in total. The van der Waals surface area contributed by atoms with Crippen LogP contribution in [0.5, 0.6) is 5.75 Å². The minimum atomic E-state index is -0.153. The van der Waals surface area contributed by atoms with E-state index in [-0.39, 0.29) is 5.91 Å². The second-order valence-corrected chi connectivity index (χ2v) is 7.85. The summed E-state index contributed by atoms with van der Waals surface area (Å²) in [4.78, 5) is 14.5. The van der Waals surface area contributed by atoms with Gasteiger partial charge in [-0.3, -0.25) is 4.79 Å². The highest BCUT2D eigenvalue weighted by Crippen LogP contribution is 2.32. The molecule has 0 bridgehead atoms. The highest BCUT2D eigenvalue weighted by Gasteiger charge is 2.18. The Labute approximate surface area is 167 Å². The molecule has 2 aromatic heterocycles. The molecule has 4 aromatic rings. The third kappa shape index (κ3) is 3.27. The van der Waals surface area contributed by atoms with Crippen LogP contribution in [0.4, 0.5) is 5.69 Å². The zero-order valence-corrected chi connectivity index (χ0v) is 17.1. The fourth-order valence-corrected chi connectivity index (χ4v) is 4.28. The molecule has 4 rings (SSSR count). The van der Waals surface area contributed by atoms with Gasteiger partial charge in [-0.2, -0.15) is 5.10 Å². The molecular formula is C22H21N3O2S. The van der Waals surface area contributed by atoms with Gasteiger partial charge < -0.3 is 10.1 Å². The number of hydrogen-bond donors (Lipinski definition) is 1. The zero-order chi connectivity index (χ0) is 19.8. The van der Waals surface area contributed by atoms with E-state index in [1.54, 1.807) is 7.11 Å². The number of carbonyl (C=O) groups is 1. The van der Waals surface area contributed by atoms with Crippen LogP contribution in [0.25, 0.3) is 15.9 Å². The van der Waals surface area contributed by atoms with Crippen molar-refractivity contribution < 1.29 is 9.53 Å². The molecule has 0 spiro atoms. The maximum atomic E-state index is 12.9. The largest absolute Gasteiger partial charge is 0.495 e. The van der Waals surface area contributed by atoms with E-state index in [2.05, 4.69) is 29.5 Å². The maximum absolute atomic E-state index is 12.9. The second kappa shape index (κ2) is 7.13. The van der Waals surface area contributed by atoms with E-state index in [1.807, 2.05) is 54.9 Å². The molecule has 142 valence electrons. The van der Waals surface area contributed by atoms with Crippen LogP contribution in [0.3, 0.4) is 0 Å². The molecule has 2 heterocycles. The van der Waals surface area contributed by atoms with Crippen molar-refractivity contribution in [1.29, 1.82) is 0 Å². The normalized spacial score (nSPS) is 11.0. The summed E-state index contributed by atoms with van der Waals surface area (Å²) in [5.41, 5.74) is 4.78. The minimum Gasteiger partial charge on any atom is -0.495 e. The van der Waals surface area contributed by atoms with Crippen LogP contribution in [-0.4, -0.2) is 22.8 Å². The molecule has 1 N–H and O–H groups in total. The van der Waals surface area contributed by atoms with Crippen LogP contribution < -0.4 is 10.1 Å². The molecule has 0 aliphatic heterocycles. The van der Waals surface area contributed by atoms with E-state index in [4.69, 9.17) is 4.74 Å². The zero-order valence-electron chi connectivity index (χ0n) is 16.2. The molecule has 0 fully saturated rings. The van der Waals surface area contributed by atoms with Gasteiger partial charge in [0.05, 0.1) is 29.1 Å². The molecule has 0 saturated heterocycles. The Bertz CT molecular complexity index is 1190. The Hall–Kier alpha value is -3.12. The number of anilines is 1. The number of hydrogen-bond acceptors (Lipinski definition) is 4. The van der Waals surface area contributed by atoms with Crippen molar-refractivity contribution in [2.75, 3.05) is 12.4 Å². The molecule has 0 aliphatic rings. The SMILES string of the molecule is COc1ccc(C)cc1NC(=O)c1cc2c(C)nn(-c3cccc(C)c3)c2s1. The van der Waals surface area contributed by atoms with Crippen LogP contribution in [0.1, 0.15) is 26.5 Å². The van der Waals surface area contributed by atoms with Gasteiger partial charge in [-0.05, 0) is 62.2 Å². The van der Waals surface area contributed by atoms with Crippen LogP contribution in [-0.2, 0) is 0 Å². The standard InChI is InChI=1S/C22H21N3O2S/c1-13-6-5-7-16(10-13)25-22-17(15(3)24-25)12-20(28-22)21(26)23-18-11-14(2)8-9-19(18)27-4/h5-12H,1-4H3,(H,23,26). The fourth-order valence-electron chi connectivity index (χ4n) is 3.20. The van der Waals surface area contributed by atoms with Gasteiger partial charge in [-0.25, -0.2) is 4.68 Å². The summed E-state index contributed by atoms with van der Waals surface area (Å²) in [5, 5.41) is 8.63. The van der Waals surface area contributed by atoms with Gasteiger partial charge in [0.2, 0.25) is 0 Å². The Balaban J connectivity index is 1.72. The summed E-state index contributed by atoms with van der Waals surface area (Å²) in [5.74, 6) is 0.488. The summed E-state index contributed by atoms with van der Waals surface area (Å²) in [6, 6.07) is 15.8. The van der Waals surface area contributed by atoms with Crippen molar-refractivity contribution in [2.24, 2.45) is 0 Å². The summed E-state index contributed by atoms with van der Waals surface area (Å²) >= 11 is 1.44. The number of nitrogens with one attached hydrogen (secondary N) is 1. The summed E-state index contributed by atoms with van der Waals surface area (Å²) in [7, 11) is 1.60. The highest BCUT2D eigenvalue weighted by molar-refractivity contribution is 7.20. The number of fused-ring (bicyclic) bond motifs is 1. The first-order valence-corrected chi connectivity index (χ1v) is 9.80. The number of thiophene rings is 1. The van der Waals surface area contributed by atoms with Gasteiger partial charge in [0.15, 0.2) is 0 Å². The first-order chi connectivity index (χ1) is 13.5. The lowest BCUT2D eigenvalue weighted by Gasteiger charge is -2.10. The quantitative estimate of drug-likeness (QED) is 0.515. The smallest absolute Gasteiger partial charge is 0.265 e. The average Bonchev–Trinajstić information content (AvgIpc) is 3.23. The maximum Gasteiger partial charge on any atom is 0.265 e. The van der Waals surface area contributed by atoms with E-state index >= 15 is 0 Å². The van der Waals surface area contributed by atoms with Crippen molar-refractivity contribution in [2.45, 2.75) is 20.8 Å². The molecule has 1 amide bonds. The third-order valence-electron chi connectivity index (χ3n) is 4.62. The second-order valence-electron chi connectivity index (χ2n) is 6.82. The van der Waals surface area contributed by atoms with Gasteiger partial charge in [0.25, 0.3) is 5.91 Å². The lowest BCUT2D eigenvalue weighted by Crippen LogP contribution is -2.11. The average molecular weight is 391 g/mol. The van der Waals surface area contributed by atoms with Crippen molar-refractivity contribution in [3.8, 4) is 11.4 Å². The van der Waals surface area contributed by atoms with Gasteiger partial charge in [0.1, 0.15) is 10.6 Å². The summed E-state index contributed by atoms with van der Waals surface area (Å²) in [6.07, 6.45) is 0. The van der Waals surface area contributed by atoms with Crippen LogP contribution in [0.15, 0.2) is 48.5 Å². The number of aryl methyl sites for hydroxylation is 3. The van der Waals surface area contributed by atoms with E-state index in [1.165, 1.54) is 16.9 Å². The summed E-state index contributed by atoms with van der Waals surface area (Å²) in [6.45, 7) is 6.00. The predicted molar refractivity (Wildman–Crippen MR) is 114 cm³/mol. The van der Waals surface area contributed by atoms with Crippen LogP contribution in [0, 0.1) is 20.8 Å². The predicted octanol–water partition coefficient (Wildman–Crippen LogP) is 5.27. The Morgan fingerprint density at radius 2 is 1.86 bits per heavy atom. The van der Waals surface area contributed by atoms with Crippen molar-refractivity contribution in [3.05, 3.63) is 70.2 Å². The lowest BCUT2D eigenvalue weighted by molar-refractivity contribution is 0.103. The molecule has 0 radical (unpaired) electrons. The molecule has 0 aliphatic carbocycles. The number of methoxy groups -OCH3 is 1. The number of amides is 1. The van der Waals surface area contributed by atoms with Crippen molar-refractivity contribution >= 4 is 33.1 Å². The molecule has 0 saturated carbocycles. The molecule has 0 atom stereocenters. The Morgan fingerprint density at radius 3 is 2.61 bits per heavy atom. The van der Waals surface area contributed by atoms with Crippen LogP contribution in [0.2, 0.25) is 0 Å². The van der Waals surface area contributed by atoms with Crippen LogP contribution >= 0.6 is 11.3 Å². The number of rotatable bonds is 4. The van der Waals surface area contributed by atoms with Gasteiger partial charge in [-0.1, -0.05) is 18.2 Å². The Kier molecular flexibility index (Phi) is 4.65. The topological polar surface area (TPSA) is 56.1 Å². The number of aromatic nitrogens is 2. The first-order valence-electron chi connectivity index (χ1n) is 8.98. The highest BCUT2D eigenvalue weighted by atomic mass is 32.1. The lowest BCUT2D eigenvalue weighted by atomic mass is 10.2. The number of ether oxygens (including phenoxy) is 1. The fraction of sp³-hybridized carbons (Fsp3) is 0.182. The van der Waals surface area contributed by atoms with Gasteiger partial charge in [0, 0.05) is 5.39 Å². The van der Waals surface area contributed by atoms with Crippen molar-refractivity contribution in [1.82, 2.24) is 9.78 Å². The van der Waals surface area contributed by atoms with E-state index < -0.39 is 0 Å².